The van der Waals surface area contributed by atoms with Crippen molar-refractivity contribution in [3.8, 4) is 0 Å². The third-order valence-electron chi connectivity index (χ3n) is 4.97. The number of carbonyl (C=O) groups is 1. The van der Waals surface area contributed by atoms with Crippen molar-refractivity contribution in [2.24, 2.45) is 0 Å². The van der Waals surface area contributed by atoms with Crippen LogP contribution in [-0.2, 0) is 24.1 Å². The molecule has 1 heterocycles. The first-order valence-corrected chi connectivity index (χ1v) is 8.89. The number of carbonyl (C=O) groups excluding carboxylic acids is 1. The van der Waals surface area contributed by atoms with Crippen LogP contribution in [-0.4, -0.2) is 36.1 Å². The van der Waals surface area contributed by atoms with Gasteiger partial charge in [0, 0.05) is 19.3 Å². The Kier molecular flexibility index (Phi) is 5.54. The Morgan fingerprint density at radius 1 is 1.22 bits per heavy atom. The van der Waals surface area contributed by atoms with E-state index in [2.05, 4.69) is 15.3 Å². The molecule has 2 aliphatic rings. The predicted octanol–water partition coefficient (Wildman–Crippen LogP) is 2.32. The number of amides is 2. The zero-order chi connectivity index (χ0) is 16.1. The van der Waals surface area contributed by atoms with Crippen LogP contribution in [0.25, 0.3) is 0 Å². The highest BCUT2D eigenvalue weighted by molar-refractivity contribution is 5.73. The Bertz CT molecular complexity index is 535. The van der Waals surface area contributed by atoms with Gasteiger partial charge in [-0.3, -0.25) is 4.68 Å². The summed E-state index contributed by atoms with van der Waals surface area (Å²) >= 11 is 0. The summed E-state index contributed by atoms with van der Waals surface area (Å²) in [5.41, 5.74) is 3.88. The molecule has 2 aliphatic carbocycles. The highest BCUT2D eigenvalue weighted by Crippen LogP contribution is 2.34. The summed E-state index contributed by atoms with van der Waals surface area (Å²) in [6.07, 6.45) is 9.86. The minimum atomic E-state index is -0.151. The maximum absolute atomic E-state index is 11.8. The van der Waals surface area contributed by atoms with Gasteiger partial charge in [-0.25, -0.2) is 4.79 Å². The van der Waals surface area contributed by atoms with E-state index < -0.39 is 0 Å². The van der Waals surface area contributed by atoms with E-state index >= 15 is 0 Å². The van der Waals surface area contributed by atoms with E-state index in [9.17, 15) is 4.79 Å². The van der Waals surface area contributed by atoms with Crippen LogP contribution < -0.4 is 10.6 Å². The number of hydrogen-bond donors (Lipinski definition) is 2. The van der Waals surface area contributed by atoms with Gasteiger partial charge in [0.1, 0.15) is 0 Å². The Morgan fingerprint density at radius 2 is 2.00 bits per heavy atom. The summed E-state index contributed by atoms with van der Waals surface area (Å²) in [6.45, 7) is 1.57. The number of fused-ring (bicyclic) bond motifs is 1. The fourth-order valence-electron chi connectivity index (χ4n) is 3.79. The molecular formula is C17H28N4O2. The molecule has 23 heavy (non-hydrogen) atoms. The van der Waals surface area contributed by atoms with Gasteiger partial charge < -0.3 is 15.4 Å². The van der Waals surface area contributed by atoms with Gasteiger partial charge in [-0.2, -0.15) is 5.10 Å². The second-order valence-electron chi connectivity index (χ2n) is 6.56. The molecule has 6 heteroatoms. The number of ether oxygens (including phenoxy) is 1. The second-order valence-corrected chi connectivity index (χ2v) is 6.56. The van der Waals surface area contributed by atoms with Crippen molar-refractivity contribution in [1.82, 2.24) is 20.4 Å². The first-order chi connectivity index (χ1) is 11.3. The topological polar surface area (TPSA) is 68.2 Å². The molecule has 0 bridgehead atoms. The van der Waals surface area contributed by atoms with E-state index in [0.717, 1.165) is 18.5 Å². The molecule has 0 aromatic carbocycles. The Balaban J connectivity index is 1.65. The molecule has 1 aromatic heterocycles. The molecule has 6 nitrogen and oxygen atoms in total. The Labute approximate surface area is 138 Å². The van der Waals surface area contributed by atoms with E-state index in [1.54, 1.807) is 7.11 Å². The molecule has 1 saturated carbocycles. The summed E-state index contributed by atoms with van der Waals surface area (Å²) in [7, 11) is 1.63. The molecule has 0 radical (unpaired) electrons. The van der Waals surface area contributed by atoms with Crippen LogP contribution in [0.2, 0.25) is 0 Å². The van der Waals surface area contributed by atoms with Crippen molar-refractivity contribution in [1.29, 1.82) is 0 Å². The van der Waals surface area contributed by atoms with Gasteiger partial charge in [0.2, 0.25) is 0 Å². The molecule has 1 aromatic rings. The number of rotatable bonds is 6. The molecule has 0 aliphatic heterocycles. The summed E-state index contributed by atoms with van der Waals surface area (Å²) in [5.74, 6) is 0. The largest absolute Gasteiger partial charge is 0.383 e. The monoisotopic (exact) mass is 320 g/mol. The zero-order valence-electron chi connectivity index (χ0n) is 14.1. The quantitative estimate of drug-likeness (QED) is 0.791. The van der Waals surface area contributed by atoms with Crippen molar-refractivity contribution in [3.05, 3.63) is 17.0 Å². The highest BCUT2D eigenvalue weighted by atomic mass is 16.5. The third kappa shape index (κ3) is 3.86. The molecule has 1 fully saturated rings. The first-order valence-electron chi connectivity index (χ1n) is 8.89. The summed E-state index contributed by atoms with van der Waals surface area (Å²) in [5, 5.41) is 10.6. The van der Waals surface area contributed by atoms with Crippen molar-refractivity contribution in [3.63, 3.8) is 0 Å². The fourth-order valence-corrected chi connectivity index (χ4v) is 3.79. The number of urea groups is 1. The van der Waals surface area contributed by atoms with Crippen LogP contribution in [0.4, 0.5) is 4.79 Å². The molecule has 3 rings (SSSR count). The van der Waals surface area contributed by atoms with Crippen molar-refractivity contribution in [2.45, 2.75) is 64.0 Å². The van der Waals surface area contributed by atoms with Gasteiger partial charge in [-0.1, -0.05) is 12.8 Å². The highest BCUT2D eigenvalue weighted by Gasteiger charge is 2.26. The van der Waals surface area contributed by atoms with Crippen LogP contribution in [0, 0.1) is 0 Å². The second kappa shape index (κ2) is 7.81. The van der Waals surface area contributed by atoms with Gasteiger partial charge >= 0.3 is 6.03 Å². The van der Waals surface area contributed by atoms with Crippen molar-refractivity contribution in [2.75, 3.05) is 20.3 Å². The number of hydrogen-bond acceptors (Lipinski definition) is 3. The van der Waals surface area contributed by atoms with Crippen LogP contribution in [0.5, 0.6) is 0 Å². The minimum Gasteiger partial charge on any atom is -0.383 e. The summed E-state index contributed by atoms with van der Waals surface area (Å²) in [4.78, 5) is 11.8. The normalized spacial score (nSPS) is 18.0. The van der Waals surface area contributed by atoms with E-state index in [4.69, 9.17) is 9.84 Å². The van der Waals surface area contributed by atoms with Gasteiger partial charge in [0.15, 0.2) is 0 Å². The van der Waals surface area contributed by atoms with Crippen LogP contribution in [0.3, 0.4) is 0 Å². The molecule has 2 amide bonds. The predicted molar refractivity (Wildman–Crippen MR) is 88.5 cm³/mol. The lowest BCUT2D eigenvalue weighted by molar-refractivity contribution is 0.195. The maximum Gasteiger partial charge on any atom is 0.315 e. The lowest BCUT2D eigenvalue weighted by atomic mass is 9.95. The van der Waals surface area contributed by atoms with E-state index in [1.165, 1.54) is 49.8 Å². The van der Waals surface area contributed by atoms with Gasteiger partial charge in [-0.05, 0) is 44.1 Å². The smallest absolute Gasteiger partial charge is 0.315 e. The average molecular weight is 320 g/mol. The molecule has 2 N–H and O–H groups in total. The minimum absolute atomic E-state index is 0.151. The summed E-state index contributed by atoms with van der Waals surface area (Å²) < 4.78 is 7.22. The van der Waals surface area contributed by atoms with Gasteiger partial charge in [0.05, 0.1) is 24.9 Å². The van der Waals surface area contributed by atoms with E-state index in [1.807, 2.05) is 0 Å². The number of nitrogens with one attached hydrogen (secondary N) is 2. The first kappa shape index (κ1) is 16.3. The number of aromatic nitrogens is 2. The molecule has 0 unspecified atom stereocenters. The van der Waals surface area contributed by atoms with Gasteiger partial charge in [0.25, 0.3) is 0 Å². The summed E-state index contributed by atoms with van der Waals surface area (Å²) in [6, 6.07) is 0.424. The standard InChI is InChI=1S/C17H28N4O2/c1-23-11-10-18-17(22)19-12-15-14-8-4-5-9-16(14)21(20-15)13-6-2-3-7-13/h13H,2-12H2,1H3,(H2,18,19,22). The van der Waals surface area contributed by atoms with Crippen LogP contribution in [0.1, 0.15) is 61.5 Å². The fraction of sp³-hybridized carbons (Fsp3) is 0.765. The molecular weight excluding hydrogens is 292 g/mol. The van der Waals surface area contributed by atoms with E-state index in [-0.39, 0.29) is 6.03 Å². The van der Waals surface area contributed by atoms with Gasteiger partial charge in [-0.15, -0.1) is 0 Å². The zero-order valence-corrected chi connectivity index (χ0v) is 14.1. The third-order valence-corrected chi connectivity index (χ3v) is 4.97. The lowest BCUT2D eigenvalue weighted by Crippen LogP contribution is -2.37. The Hall–Kier alpha value is -1.56. The molecule has 128 valence electrons. The number of nitrogens with zero attached hydrogens (tertiary/aromatic N) is 2. The molecule has 0 saturated heterocycles. The average Bonchev–Trinajstić information content (AvgIpc) is 3.21. The van der Waals surface area contributed by atoms with E-state index in [0.29, 0.717) is 25.7 Å². The SMILES string of the molecule is COCCNC(=O)NCc1nn(C2CCCC2)c2c1CCCC2. The molecule has 0 spiro atoms. The van der Waals surface area contributed by atoms with Crippen molar-refractivity contribution >= 4 is 6.03 Å². The number of methoxy groups -OCH3 is 1. The van der Waals surface area contributed by atoms with Crippen LogP contribution >= 0.6 is 0 Å². The molecule has 0 atom stereocenters. The van der Waals surface area contributed by atoms with Crippen molar-refractivity contribution < 1.29 is 9.53 Å². The maximum atomic E-state index is 11.8. The Morgan fingerprint density at radius 3 is 2.78 bits per heavy atom. The van der Waals surface area contributed by atoms with Crippen LogP contribution in [0.15, 0.2) is 0 Å². The lowest BCUT2D eigenvalue weighted by Gasteiger charge is -2.18.